The van der Waals surface area contributed by atoms with E-state index in [0.717, 1.165) is 13.1 Å². The third-order valence-electron chi connectivity index (χ3n) is 1.65. The van der Waals surface area contributed by atoms with Crippen molar-refractivity contribution < 1.29 is 22.1 Å². The molecular formula is C9H16Cl2N2O. The number of aromatic hydroxyl groups is 1. The predicted molar refractivity (Wildman–Crippen MR) is 54.1 cm³/mol. The second kappa shape index (κ2) is 7.85. The first-order valence-electron chi connectivity index (χ1n) is 4.01. The van der Waals surface area contributed by atoms with E-state index in [0.29, 0.717) is 5.75 Å². The molecule has 0 amide bonds. The summed E-state index contributed by atoms with van der Waals surface area (Å²) in [5.74, 6) is 0.316. The van der Waals surface area contributed by atoms with Gasteiger partial charge in [0.2, 0.25) is 6.20 Å². The average molecular weight is 239 g/mol. The Morgan fingerprint density at radius 3 is 2.57 bits per heavy atom. The summed E-state index contributed by atoms with van der Waals surface area (Å²) in [4.78, 5) is 2.11. The highest BCUT2D eigenvalue weighted by atomic mass is 35.5. The quantitative estimate of drug-likeness (QED) is 0.599. The van der Waals surface area contributed by atoms with E-state index in [-0.39, 0.29) is 24.8 Å². The minimum atomic E-state index is 0. The average Bonchev–Trinajstić information content (AvgIpc) is 2.01. The maximum absolute atomic E-state index is 9.14. The van der Waals surface area contributed by atoms with Gasteiger partial charge in [0.05, 0.1) is 6.54 Å². The highest BCUT2D eigenvalue weighted by Gasteiger charge is 2.01. The van der Waals surface area contributed by atoms with Gasteiger partial charge in [0, 0.05) is 6.07 Å². The van der Waals surface area contributed by atoms with Crippen molar-refractivity contribution in [3.8, 4) is 5.75 Å². The van der Waals surface area contributed by atoms with Crippen LogP contribution in [0.25, 0.3) is 0 Å². The molecule has 5 heteroatoms. The van der Waals surface area contributed by atoms with Crippen molar-refractivity contribution in [2.75, 3.05) is 20.6 Å². The lowest BCUT2D eigenvalue weighted by Gasteiger charge is -2.05. The SMILES string of the molecule is CN(C)CC[n+]1cccc(O)c1.Cl.[Cl-]. The van der Waals surface area contributed by atoms with Crippen LogP contribution in [0.15, 0.2) is 24.5 Å². The summed E-state index contributed by atoms with van der Waals surface area (Å²) in [5, 5.41) is 9.14. The van der Waals surface area contributed by atoms with Crippen LogP contribution in [0.5, 0.6) is 5.75 Å². The largest absolute Gasteiger partial charge is 1.00 e. The van der Waals surface area contributed by atoms with Crippen LogP contribution >= 0.6 is 12.4 Å². The molecule has 14 heavy (non-hydrogen) atoms. The van der Waals surface area contributed by atoms with Gasteiger partial charge < -0.3 is 22.4 Å². The second-order valence-corrected chi connectivity index (χ2v) is 3.10. The maximum atomic E-state index is 9.14. The molecule has 0 atom stereocenters. The second-order valence-electron chi connectivity index (χ2n) is 3.10. The minimum Gasteiger partial charge on any atom is -1.00 e. The van der Waals surface area contributed by atoms with Crippen LogP contribution in [0, 0.1) is 0 Å². The van der Waals surface area contributed by atoms with Crippen molar-refractivity contribution in [1.29, 1.82) is 0 Å². The first-order chi connectivity index (χ1) is 5.68. The van der Waals surface area contributed by atoms with Gasteiger partial charge in [0.15, 0.2) is 18.5 Å². The molecule has 0 bridgehead atoms. The van der Waals surface area contributed by atoms with E-state index in [2.05, 4.69) is 4.90 Å². The summed E-state index contributed by atoms with van der Waals surface area (Å²) in [5.41, 5.74) is 0. The Bertz CT molecular complexity index is 256. The fourth-order valence-corrected chi connectivity index (χ4v) is 0.963. The summed E-state index contributed by atoms with van der Waals surface area (Å²) in [7, 11) is 4.06. The van der Waals surface area contributed by atoms with Gasteiger partial charge in [-0.3, -0.25) is 0 Å². The molecule has 0 spiro atoms. The molecule has 0 fully saturated rings. The van der Waals surface area contributed by atoms with Gasteiger partial charge in [0.25, 0.3) is 0 Å². The van der Waals surface area contributed by atoms with Crippen molar-refractivity contribution in [3.05, 3.63) is 24.5 Å². The predicted octanol–water partition coefficient (Wildman–Crippen LogP) is -2.33. The van der Waals surface area contributed by atoms with Crippen LogP contribution < -0.4 is 17.0 Å². The molecule has 0 saturated carbocycles. The summed E-state index contributed by atoms with van der Waals surface area (Å²) in [6, 6.07) is 3.51. The highest BCUT2D eigenvalue weighted by Crippen LogP contribution is 1.99. The fraction of sp³-hybridized carbons (Fsp3) is 0.444. The molecule has 1 aromatic rings. The standard InChI is InChI=1S/C9H14N2O.2ClH/c1-10(2)6-7-11-5-3-4-9(12)8-11;;/h3-5,8H,6-7H2,1-2H3;2*1H. The zero-order valence-electron chi connectivity index (χ0n) is 8.35. The first kappa shape index (κ1) is 15.9. The van der Waals surface area contributed by atoms with Crippen molar-refractivity contribution in [2.24, 2.45) is 0 Å². The molecule has 0 aromatic carbocycles. The molecule has 0 aliphatic rings. The lowest BCUT2D eigenvalue weighted by molar-refractivity contribution is -0.696. The highest BCUT2D eigenvalue weighted by molar-refractivity contribution is 5.85. The molecule has 0 saturated heterocycles. The Kier molecular flexibility index (Phi) is 8.94. The van der Waals surface area contributed by atoms with Gasteiger partial charge >= 0.3 is 0 Å². The number of pyridine rings is 1. The number of rotatable bonds is 3. The van der Waals surface area contributed by atoms with Crippen LogP contribution in [0.1, 0.15) is 0 Å². The monoisotopic (exact) mass is 238 g/mol. The zero-order chi connectivity index (χ0) is 8.97. The molecule has 0 aliphatic carbocycles. The number of likely N-dealkylation sites (N-methyl/N-ethyl adjacent to an activating group) is 1. The lowest BCUT2D eigenvalue weighted by atomic mass is 10.4. The summed E-state index contributed by atoms with van der Waals surface area (Å²) >= 11 is 0. The number of halogens is 2. The van der Waals surface area contributed by atoms with E-state index in [1.54, 1.807) is 12.3 Å². The molecule has 0 radical (unpaired) electrons. The number of nitrogens with zero attached hydrogens (tertiary/aromatic N) is 2. The number of aromatic nitrogens is 1. The van der Waals surface area contributed by atoms with E-state index < -0.39 is 0 Å². The number of hydrogen-bond acceptors (Lipinski definition) is 2. The molecule has 1 heterocycles. The lowest BCUT2D eigenvalue weighted by Crippen LogP contribution is -3.00. The van der Waals surface area contributed by atoms with Crippen LogP contribution in [0.2, 0.25) is 0 Å². The summed E-state index contributed by atoms with van der Waals surface area (Å²) in [6.45, 7) is 1.88. The molecule has 1 aromatic heterocycles. The molecule has 0 aliphatic heterocycles. The number of hydrogen-bond donors (Lipinski definition) is 1. The van der Waals surface area contributed by atoms with Gasteiger partial charge in [-0.15, -0.1) is 12.4 Å². The van der Waals surface area contributed by atoms with Gasteiger partial charge in [0.1, 0.15) is 0 Å². The van der Waals surface area contributed by atoms with Crippen molar-refractivity contribution >= 4 is 12.4 Å². The van der Waals surface area contributed by atoms with Crippen LogP contribution in [0.4, 0.5) is 0 Å². The fourth-order valence-electron chi connectivity index (χ4n) is 0.963. The van der Waals surface area contributed by atoms with E-state index in [4.69, 9.17) is 5.11 Å². The van der Waals surface area contributed by atoms with Crippen molar-refractivity contribution in [3.63, 3.8) is 0 Å². The maximum Gasteiger partial charge on any atom is 0.210 e. The van der Waals surface area contributed by atoms with E-state index >= 15 is 0 Å². The van der Waals surface area contributed by atoms with Gasteiger partial charge in [-0.25, -0.2) is 4.57 Å². The Morgan fingerprint density at radius 2 is 2.07 bits per heavy atom. The third kappa shape index (κ3) is 6.02. The molecule has 0 unspecified atom stereocenters. The molecule has 1 rings (SSSR count). The van der Waals surface area contributed by atoms with Crippen LogP contribution in [0.3, 0.4) is 0 Å². The van der Waals surface area contributed by atoms with E-state index in [1.165, 1.54) is 0 Å². The Labute approximate surface area is 97.2 Å². The van der Waals surface area contributed by atoms with E-state index in [1.807, 2.05) is 30.9 Å². The van der Waals surface area contributed by atoms with Crippen molar-refractivity contribution in [2.45, 2.75) is 6.54 Å². The van der Waals surface area contributed by atoms with Crippen LogP contribution in [-0.4, -0.2) is 30.6 Å². The minimum absolute atomic E-state index is 0. The first-order valence-corrected chi connectivity index (χ1v) is 4.01. The van der Waals surface area contributed by atoms with Gasteiger partial charge in [-0.05, 0) is 20.2 Å². The Morgan fingerprint density at radius 1 is 1.43 bits per heavy atom. The van der Waals surface area contributed by atoms with Crippen molar-refractivity contribution in [1.82, 2.24) is 4.90 Å². The van der Waals surface area contributed by atoms with Crippen LogP contribution in [-0.2, 0) is 6.54 Å². The van der Waals surface area contributed by atoms with E-state index in [9.17, 15) is 0 Å². The summed E-state index contributed by atoms with van der Waals surface area (Å²) < 4.78 is 1.97. The topological polar surface area (TPSA) is 27.4 Å². The molecular weight excluding hydrogens is 223 g/mol. The zero-order valence-corrected chi connectivity index (χ0v) is 9.92. The van der Waals surface area contributed by atoms with Gasteiger partial charge in [-0.2, -0.15) is 0 Å². The van der Waals surface area contributed by atoms with Gasteiger partial charge in [-0.1, -0.05) is 0 Å². The third-order valence-corrected chi connectivity index (χ3v) is 1.65. The normalized spacial score (nSPS) is 9.07. The molecule has 1 N–H and O–H groups in total. The summed E-state index contributed by atoms with van der Waals surface area (Å²) in [6.07, 6.45) is 3.67. The molecule has 3 nitrogen and oxygen atoms in total. The Balaban J connectivity index is 0. The smallest absolute Gasteiger partial charge is 0.210 e. The Hall–Kier alpha value is -0.510. The molecule has 82 valence electrons.